The SMILES string of the molecule is CCC(=Cc1csc(C(C)C)n1)C(=O)O. The Bertz CT molecular complexity index is 380. The minimum atomic E-state index is -0.864. The van der Waals surface area contributed by atoms with Gasteiger partial charge in [0.05, 0.1) is 10.7 Å². The first-order valence-electron chi connectivity index (χ1n) is 4.93. The fourth-order valence-electron chi connectivity index (χ4n) is 1.13. The molecule has 4 heteroatoms. The third kappa shape index (κ3) is 3.16. The Balaban J connectivity index is 2.92. The summed E-state index contributed by atoms with van der Waals surface area (Å²) in [5.74, 6) is -0.469. The van der Waals surface area contributed by atoms with E-state index < -0.39 is 5.97 Å². The van der Waals surface area contributed by atoms with E-state index in [4.69, 9.17) is 5.11 Å². The van der Waals surface area contributed by atoms with Gasteiger partial charge in [-0.05, 0) is 12.5 Å². The van der Waals surface area contributed by atoms with E-state index in [2.05, 4.69) is 18.8 Å². The number of thiazole rings is 1. The van der Waals surface area contributed by atoms with E-state index >= 15 is 0 Å². The van der Waals surface area contributed by atoms with Gasteiger partial charge in [-0.15, -0.1) is 11.3 Å². The molecule has 0 aromatic carbocycles. The summed E-state index contributed by atoms with van der Waals surface area (Å²) in [6.07, 6.45) is 2.16. The van der Waals surface area contributed by atoms with Gasteiger partial charge in [0.2, 0.25) is 0 Å². The van der Waals surface area contributed by atoms with Crippen LogP contribution in [0.4, 0.5) is 0 Å². The number of carboxylic acids is 1. The number of nitrogens with zero attached hydrogens (tertiary/aromatic N) is 1. The number of hydrogen-bond donors (Lipinski definition) is 1. The largest absolute Gasteiger partial charge is 0.478 e. The predicted octanol–water partition coefficient (Wildman–Crippen LogP) is 3.14. The van der Waals surface area contributed by atoms with Crippen molar-refractivity contribution in [3.63, 3.8) is 0 Å². The summed E-state index contributed by atoms with van der Waals surface area (Å²) in [5.41, 5.74) is 1.15. The third-order valence-corrected chi connectivity index (χ3v) is 3.17. The van der Waals surface area contributed by atoms with E-state index in [1.807, 2.05) is 12.3 Å². The molecule has 1 N–H and O–H groups in total. The molecule has 1 heterocycles. The van der Waals surface area contributed by atoms with E-state index in [1.165, 1.54) is 0 Å². The number of carboxylic acid groups (broad SMARTS) is 1. The van der Waals surface area contributed by atoms with Crippen molar-refractivity contribution >= 4 is 23.4 Å². The molecule has 0 aliphatic rings. The summed E-state index contributed by atoms with van der Waals surface area (Å²) in [4.78, 5) is 15.1. The summed E-state index contributed by atoms with van der Waals surface area (Å²) in [6.45, 7) is 5.98. The van der Waals surface area contributed by atoms with Crippen molar-refractivity contribution in [3.05, 3.63) is 21.7 Å². The zero-order valence-electron chi connectivity index (χ0n) is 9.15. The van der Waals surface area contributed by atoms with Crippen LogP contribution in [0.3, 0.4) is 0 Å². The highest BCUT2D eigenvalue weighted by Crippen LogP contribution is 2.20. The van der Waals surface area contributed by atoms with Gasteiger partial charge in [-0.3, -0.25) is 0 Å². The lowest BCUT2D eigenvalue weighted by Crippen LogP contribution is -1.98. The molecule has 0 radical (unpaired) electrons. The molecule has 0 aliphatic carbocycles. The normalized spacial score (nSPS) is 12.1. The first-order chi connectivity index (χ1) is 7.04. The molecule has 3 nitrogen and oxygen atoms in total. The first kappa shape index (κ1) is 11.9. The average Bonchev–Trinajstić information content (AvgIpc) is 2.61. The Morgan fingerprint density at radius 1 is 1.67 bits per heavy atom. The Labute approximate surface area is 93.5 Å². The van der Waals surface area contributed by atoms with Gasteiger partial charge < -0.3 is 5.11 Å². The molecule has 0 unspecified atom stereocenters. The molecule has 0 fully saturated rings. The van der Waals surface area contributed by atoms with E-state index in [9.17, 15) is 4.79 Å². The van der Waals surface area contributed by atoms with Crippen LogP contribution < -0.4 is 0 Å². The van der Waals surface area contributed by atoms with Crippen LogP contribution in [-0.4, -0.2) is 16.1 Å². The summed E-state index contributed by atoms with van der Waals surface area (Å²) in [5, 5.41) is 11.8. The highest BCUT2D eigenvalue weighted by atomic mass is 32.1. The van der Waals surface area contributed by atoms with Gasteiger partial charge in [-0.2, -0.15) is 0 Å². The van der Waals surface area contributed by atoms with E-state index in [0.717, 1.165) is 10.7 Å². The maximum absolute atomic E-state index is 10.8. The van der Waals surface area contributed by atoms with Crippen LogP contribution in [0.25, 0.3) is 6.08 Å². The van der Waals surface area contributed by atoms with Crippen molar-refractivity contribution in [3.8, 4) is 0 Å². The number of aromatic nitrogens is 1. The highest BCUT2D eigenvalue weighted by Gasteiger charge is 2.08. The number of hydrogen-bond acceptors (Lipinski definition) is 3. The lowest BCUT2D eigenvalue weighted by molar-refractivity contribution is -0.132. The van der Waals surface area contributed by atoms with Crippen molar-refractivity contribution in [2.45, 2.75) is 33.1 Å². The number of carbonyl (C=O) groups is 1. The van der Waals surface area contributed by atoms with Crippen molar-refractivity contribution in [1.82, 2.24) is 4.98 Å². The Kier molecular flexibility index (Phi) is 4.03. The van der Waals surface area contributed by atoms with E-state index in [1.54, 1.807) is 17.4 Å². The topological polar surface area (TPSA) is 50.2 Å². The zero-order valence-corrected chi connectivity index (χ0v) is 9.97. The second kappa shape index (κ2) is 5.07. The molecule has 1 rings (SSSR count). The smallest absolute Gasteiger partial charge is 0.331 e. The van der Waals surface area contributed by atoms with Crippen molar-refractivity contribution < 1.29 is 9.90 Å². The van der Waals surface area contributed by atoms with E-state index in [-0.39, 0.29) is 0 Å². The third-order valence-electron chi connectivity index (χ3n) is 2.01. The van der Waals surface area contributed by atoms with Gasteiger partial charge in [0.1, 0.15) is 0 Å². The number of rotatable bonds is 4. The molecule has 0 saturated heterocycles. The minimum Gasteiger partial charge on any atom is -0.478 e. The molecule has 0 saturated carbocycles. The van der Waals surface area contributed by atoms with Crippen molar-refractivity contribution in [2.24, 2.45) is 0 Å². The molecule has 0 amide bonds. The van der Waals surface area contributed by atoms with Crippen LogP contribution in [-0.2, 0) is 4.79 Å². The molecular formula is C11H15NO2S. The molecule has 82 valence electrons. The van der Waals surface area contributed by atoms with Crippen molar-refractivity contribution in [1.29, 1.82) is 0 Å². The summed E-state index contributed by atoms with van der Waals surface area (Å²) in [6, 6.07) is 0. The van der Waals surface area contributed by atoms with Crippen LogP contribution in [0, 0.1) is 0 Å². The monoisotopic (exact) mass is 225 g/mol. The predicted molar refractivity (Wildman–Crippen MR) is 62.1 cm³/mol. The van der Waals surface area contributed by atoms with Crippen LogP contribution in [0.1, 0.15) is 43.8 Å². The zero-order chi connectivity index (χ0) is 11.4. The fraction of sp³-hybridized carbons (Fsp3) is 0.455. The standard InChI is InChI=1S/C11H15NO2S/c1-4-8(11(13)14)5-9-6-15-10(12-9)7(2)3/h5-7H,4H2,1-3H3,(H,13,14). The lowest BCUT2D eigenvalue weighted by atomic mass is 10.2. The van der Waals surface area contributed by atoms with Gasteiger partial charge in [-0.25, -0.2) is 9.78 Å². The molecular weight excluding hydrogens is 210 g/mol. The van der Waals surface area contributed by atoms with Gasteiger partial charge >= 0.3 is 5.97 Å². The summed E-state index contributed by atoms with van der Waals surface area (Å²) >= 11 is 1.57. The van der Waals surface area contributed by atoms with Crippen LogP contribution in [0.2, 0.25) is 0 Å². The maximum Gasteiger partial charge on any atom is 0.331 e. The average molecular weight is 225 g/mol. The molecule has 1 aromatic rings. The Hall–Kier alpha value is -1.16. The molecule has 0 aliphatic heterocycles. The first-order valence-corrected chi connectivity index (χ1v) is 5.81. The van der Waals surface area contributed by atoms with Crippen molar-refractivity contribution in [2.75, 3.05) is 0 Å². The van der Waals surface area contributed by atoms with Crippen LogP contribution in [0.5, 0.6) is 0 Å². The second-order valence-corrected chi connectivity index (χ2v) is 4.48. The molecule has 15 heavy (non-hydrogen) atoms. The molecule has 0 atom stereocenters. The second-order valence-electron chi connectivity index (χ2n) is 3.59. The summed E-state index contributed by atoms with van der Waals surface area (Å²) < 4.78 is 0. The van der Waals surface area contributed by atoms with Crippen LogP contribution >= 0.6 is 11.3 Å². The summed E-state index contributed by atoms with van der Waals surface area (Å²) in [7, 11) is 0. The molecule has 0 spiro atoms. The van der Waals surface area contributed by atoms with Crippen LogP contribution in [0.15, 0.2) is 11.0 Å². The maximum atomic E-state index is 10.8. The molecule has 0 bridgehead atoms. The fourth-order valence-corrected chi connectivity index (χ4v) is 1.92. The minimum absolute atomic E-state index is 0.395. The van der Waals surface area contributed by atoms with Gasteiger partial charge in [-0.1, -0.05) is 20.8 Å². The Morgan fingerprint density at radius 2 is 2.33 bits per heavy atom. The Morgan fingerprint density at radius 3 is 2.73 bits per heavy atom. The van der Waals surface area contributed by atoms with E-state index in [0.29, 0.717) is 17.9 Å². The van der Waals surface area contributed by atoms with Gasteiger partial charge in [0.25, 0.3) is 0 Å². The number of aliphatic carboxylic acids is 1. The lowest BCUT2D eigenvalue weighted by Gasteiger charge is -1.97. The quantitative estimate of drug-likeness (QED) is 0.801. The van der Waals surface area contributed by atoms with Gasteiger partial charge in [0, 0.05) is 16.9 Å². The van der Waals surface area contributed by atoms with Gasteiger partial charge in [0.15, 0.2) is 0 Å². The highest BCUT2D eigenvalue weighted by molar-refractivity contribution is 7.09. The molecule has 1 aromatic heterocycles.